The average Bonchev–Trinajstić information content (AvgIpc) is 2.75. The van der Waals surface area contributed by atoms with E-state index in [1.54, 1.807) is 19.1 Å². The van der Waals surface area contributed by atoms with E-state index in [4.69, 9.17) is 14.3 Å². The highest BCUT2D eigenvalue weighted by atomic mass is 16.7. The first-order valence-electron chi connectivity index (χ1n) is 9.96. The van der Waals surface area contributed by atoms with Gasteiger partial charge in [-0.05, 0) is 25.8 Å². The van der Waals surface area contributed by atoms with Gasteiger partial charge in [0.05, 0.1) is 42.4 Å². The summed E-state index contributed by atoms with van der Waals surface area (Å²) in [5.41, 5.74) is 1.85. The summed E-state index contributed by atoms with van der Waals surface area (Å²) >= 11 is 0. The van der Waals surface area contributed by atoms with E-state index in [1.165, 1.54) is 19.2 Å². The Morgan fingerprint density at radius 3 is 2.68 bits per heavy atom. The van der Waals surface area contributed by atoms with Crippen molar-refractivity contribution in [2.45, 2.75) is 33.1 Å². The minimum Gasteiger partial charge on any atom is -0.466 e. The standard InChI is InChI=1S/C21H27N3O7/c1-5-10-23-12-17(22-31-13-18(25)30-6-2)20(19(14(23)3)21(26)29-4)15-8-7-9-16(11-15)24(27)28/h7-9,11,20H,5-6,10,12-13H2,1-4H3. The van der Waals surface area contributed by atoms with Gasteiger partial charge in [0.2, 0.25) is 6.61 Å². The SMILES string of the molecule is CCCN1CC(=NOCC(=O)OCC)C(c2cccc([N+](=O)[O-])c2)C(C(=O)OC)=C1C. The smallest absolute Gasteiger partial charge is 0.347 e. The average molecular weight is 433 g/mol. The number of rotatable bonds is 9. The van der Waals surface area contributed by atoms with E-state index in [0.29, 0.717) is 35.6 Å². The van der Waals surface area contributed by atoms with Crippen molar-refractivity contribution in [3.8, 4) is 0 Å². The van der Waals surface area contributed by atoms with Crippen molar-refractivity contribution in [3.05, 3.63) is 51.2 Å². The molecular formula is C21H27N3O7. The molecule has 0 saturated carbocycles. The van der Waals surface area contributed by atoms with Gasteiger partial charge in [0.15, 0.2) is 0 Å². The Kier molecular flexibility index (Phi) is 8.53. The van der Waals surface area contributed by atoms with Crippen molar-refractivity contribution < 1.29 is 28.8 Å². The summed E-state index contributed by atoms with van der Waals surface area (Å²) in [6.07, 6.45) is 0.824. The fraction of sp³-hybridized carbons (Fsp3) is 0.476. The molecule has 0 aromatic heterocycles. The number of carbonyl (C=O) groups is 2. The minimum atomic E-state index is -0.720. The van der Waals surface area contributed by atoms with Crippen molar-refractivity contribution in [1.29, 1.82) is 0 Å². The molecule has 1 aromatic rings. The Labute approximate surface area is 180 Å². The van der Waals surface area contributed by atoms with Gasteiger partial charge in [-0.2, -0.15) is 0 Å². The van der Waals surface area contributed by atoms with Crippen molar-refractivity contribution in [2.75, 3.05) is 33.4 Å². The van der Waals surface area contributed by atoms with Crippen LogP contribution in [0.4, 0.5) is 5.69 Å². The summed E-state index contributed by atoms with van der Waals surface area (Å²) in [6, 6.07) is 6.01. The zero-order valence-electron chi connectivity index (χ0n) is 18.1. The second-order valence-corrected chi connectivity index (χ2v) is 6.86. The van der Waals surface area contributed by atoms with Gasteiger partial charge in [0.1, 0.15) is 0 Å². The van der Waals surface area contributed by atoms with E-state index in [9.17, 15) is 19.7 Å². The Balaban J connectivity index is 2.56. The molecule has 0 amide bonds. The lowest BCUT2D eigenvalue weighted by Crippen LogP contribution is -2.41. The van der Waals surface area contributed by atoms with Gasteiger partial charge < -0.3 is 19.2 Å². The van der Waals surface area contributed by atoms with Crippen molar-refractivity contribution in [1.82, 2.24) is 4.90 Å². The number of nitro groups is 1. The predicted octanol–water partition coefficient (Wildman–Crippen LogP) is 2.79. The molecule has 1 atom stereocenters. The molecule has 1 heterocycles. The van der Waals surface area contributed by atoms with E-state index >= 15 is 0 Å². The Morgan fingerprint density at radius 1 is 1.32 bits per heavy atom. The quantitative estimate of drug-likeness (QED) is 0.331. The van der Waals surface area contributed by atoms with Crippen LogP contribution in [0.15, 0.2) is 40.7 Å². The van der Waals surface area contributed by atoms with Gasteiger partial charge in [-0.1, -0.05) is 24.2 Å². The zero-order chi connectivity index (χ0) is 23.0. The maximum Gasteiger partial charge on any atom is 0.347 e. The number of benzene rings is 1. The first-order chi connectivity index (χ1) is 14.8. The second kappa shape index (κ2) is 11.1. The predicted molar refractivity (Wildman–Crippen MR) is 112 cm³/mol. The molecule has 1 aliphatic rings. The second-order valence-electron chi connectivity index (χ2n) is 6.86. The molecule has 0 radical (unpaired) electrons. The molecule has 0 spiro atoms. The maximum atomic E-state index is 12.7. The fourth-order valence-electron chi connectivity index (χ4n) is 3.47. The van der Waals surface area contributed by atoms with Gasteiger partial charge in [-0.3, -0.25) is 10.1 Å². The highest BCUT2D eigenvalue weighted by Crippen LogP contribution is 2.36. The van der Waals surface area contributed by atoms with E-state index in [2.05, 4.69) is 5.16 Å². The maximum absolute atomic E-state index is 12.7. The summed E-state index contributed by atoms with van der Waals surface area (Å²) in [7, 11) is 1.28. The zero-order valence-corrected chi connectivity index (χ0v) is 18.1. The van der Waals surface area contributed by atoms with Crippen LogP contribution in [-0.4, -0.2) is 60.9 Å². The van der Waals surface area contributed by atoms with Crippen LogP contribution in [0.2, 0.25) is 0 Å². The molecule has 168 valence electrons. The molecule has 0 N–H and O–H groups in total. The Hall–Kier alpha value is -3.43. The molecule has 0 saturated heterocycles. The Bertz CT molecular complexity index is 895. The highest BCUT2D eigenvalue weighted by molar-refractivity contribution is 6.06. The number of nitrogens with zero attached hydrogens (tertiary/aromatic N) is 3. The number of non-ortho nitro benzene ring substituents is 1. The number of allylic oxidation sites excluding steroid dienone is 1. The first-order valence-corrected chi connectivity index (χ1v) is 9.96. The van der Waals surface area contributed by atoms with Crippen LogP contribution < -0.4 is 0 Å². The van der Waals surface area contributed by atoms with Gasteiger partial charge >= 0.3 is 11.9 Å². The lowest BCUT2D eigenvalue weighted by Gasteiger charge is -2.36. The number of carbonyl (C=O) groups excluding carboxylic acids is 2. The number of ether oxygens (including phenoxy) is 2. The number of nitro benzene ring substituents is 1. The van der Waals surface area contributed by atoms with Crippen LogP contribution in [0.25, 0.3) is 0 Å². The van der Waals surface area contributed by atoms with Gasteiger partial charge in [0, 0.05) is 24.4 Å². The summed E-state index contributed by atoms with van der Waals surface area (Å²) in [5, 5.41) is 15.4. The van der Waals surface area contributed by atoms with E-state index in [-0.39, 0.29) is 18.9 Å². The van der Waals surface area contributed by atoms with Crippen molar-refractivity contribution in [3.63, 3.8) is 0 Å². The third kappa shape index (κ3) is 5.80. The molecule has 0 bridgehead atoms. The first kappa shape index (κ1) is 23.8. The molecule has 0 aliphatic carbocycles. The summed E-state index contributed by atoms with van der Waals surface area (Å²) in [5.74, 6) is -1.85. The number of hydrogen-bond donors (Lipinski definition) is 0. The summed E-state index contributed by atoms with van der Waals surface area (Å²) < 4.78 is 9.85. The normalized spacial score (nSPS) is 17.5. The Morgan fingerprint density at radius 2 is 2.06 bits per heavy atom. The number of esters is 2. The van der Waals surface area contributed by atoms with Gasteiger partial charge in [0.25, 0.3) is 5.69 Å². The van der Waals surface area contributed by atoms with E-state index < -0.39 is 22.8 Å². The molecule has 10 nitrogen and oxygen atoms in total. The van der Waals surface area contributed by atoms with E-state index in [0.717, 1.165) is 6.42 Å². The lowest BCUT2D eigenvalue weighted by molar-refractivity contribution is -0.384. The monoisotopic (exact) mass is 433 g/mol. The summed E-state index contributed by atoms with van der Waals surface area (Å²) in [4.78, 5) is 42.3. The number of oxime groups is 1. The van der Waals surface area contributed by atoms with Gasteiger partial charge in [-0.25, -0.2) is 9.59 Å². The molecular weight excluding hydrogens is 406 g/mol. The minimum absolute atomic E-state index is 0.109. The molecule has 10 heteroatoms. The number of methoxy groups -OCH3 is 1. The molecule has 1 aliphatic heterocycles. The van der Waals surface area contributed by atoms with Crippen molar-refractivity contribution >= 4 is 23.3 Å². The van der Waals surface area contributed by atoms with Crippen LogP contribution in [0.3, 0.4) is 0 Å². The van der Waals surface area contributed by atoms with Crippen LogP contribution in [0.5, 0.6) is 0 Å². The van der Waals surface area contributed by atoms with Gasteiger partial charge in [-0.15, -0.1) is 0 Å². The van der Waals surface area contributed by atoms with Crippen LogP contribution in [-0.2, 0) is 23.9 Å². The lowest BCUT2D eigenvalue weighted by atomic mass is 9.82. The molecule has 1 aromatic carbocycles. The highest BCUT2D eigenvalue weighted by Gasteiger charge is 2.37. The third-order valence-corrected chi connectivity index (χ3v) is 4.82. The molecule has 0 fully saturated rings. The van der Waals surface area contributed by atoms with Crippen LogP contribution in [0.1, 0.15) is 38.7 Å². The van der Waals surface area contributed by atoms with Crippen LogP contribution in [0, 0.1) is 10.1 Å². The van der Waals surface area contributed by atoms with E-state index in [1.807, 2.05) is 18.7 Å². The molecule has 2 rings (SSSR count). The summed E-state index contributed by atoms with van der Waals surface area (Å²) in [6.45, 7) is 6.31. The fourth-order valence-corrected chi connectivity index (χ4v) is 3.47. The van der Waals surface area contributed by atoms with Crippen molar-refractivity contribution in [2.24, 2.45) is 5.16 Å². The number of hydrogen-bond acceptors (Lipinski definition) is 9. The third-order valence-electron chi connectivity index (χ3n) is 4.82. The largest absolute Gasteiger partial charge is 0.466 e. The topological polar surface area (TPSA) is 121 Å². The molecule has 1 unspecified atom stereocenters. The van der Waals surface area contributed by atoms with Crippen LogP contribution >= 0.6 is 0 Å². The molecule has 31 heavy (non-hydrogen) atoms.